The summed E-state index contributed by atoms with van der Waals surface area (Å²) in [5.74, 6) is -0.0964. The van der Waals surface area contributed by atoms with Crippen LogP contribution in [0.5, 0.6) is 0 Å². The Labute approximate surface area is 158 Å². The van der Waals surface area contributed by atoms with Crippen LogP contribution in [0.1, 0.15) is 29.9 Å². The molecule has 2 aromatic rings. The quantitative estimate of drug-likeness (QED) is 0.704. The predicted octanol–water partition coefficient (Wildman–Crippen LogP) is 4.34. The lowest BCUT2D eigenvalue weighted by Crippen LogP contribution is -2.33. The van der Waals surface area contributed by atoms with Crippen molar-refractivity contribution in [2.45, 2.75) is 25.4 Å². The number of rotatable bonds is 5. The fraction of sp³-hybridized carbons (Fsp3) is 0.368. The summed E-state index contributed by atoms with van der Waals surface area (Å²) in [4.78, 5) is 2.20. The van der Waals surface area contributed by atoms with Gasteiger partial charge >= 0.3 is 0 Å². The van der Waals surface area contributed by atoms with Gasteiger partial charge in [-0.05, 0) is 42.5 Å². The Bertz CT molecular complexity index is 880. The second-order valence-electron chi connectivity index (χ2n) is 6.52. The molecule has 0 bridgehead atoms. The smallest absolute Gasteiger partial charge is 0.264 e. The Kier molecular flexibility index (Phi) is 5.85. The third kappa shape index (κ3) is 4.75. The molecule has 0 atom stereocenters. The van der Waals surface area contributed by atoms with E-state index in [0.717, 1.165) is 43.4 Å². The number of anilines is 1. The lowest BCUT2D eigenvalue weighted by Gasteiger charge is -2.35. The topological polar surface area (TPSA) is 46.6 Å². The first kappa shape index (κ1) is 19.1. The zero-order chi connectivity index (χ0) is 18.7. The van der Waals surface area contributed by atoms with Gasteiger partial charge in [-0.2, -0.15) is 8.42 Å². The van der Waals surface area contributed by atoms with Crippen LogP contribution in [-0.2, 0) is 20.9 Å². The fourth-order valence-electron chi connectivity index (χ4n) is 3.38. The van der Waals surface area contributed by atoms with Crippen molar-refractivity contribution in [1.29, 1.82) is 0 Å². The molecule has 2 aromatic carbocycles. The molecule has 140 valence electrons. The van der Waals surface area contributed by atoms with Crippen LogP contribution in [0.2, 0.25) is 5.02 Å². The molecular weight excluding hydrogens is 377 g/mol. The number of hydrogen-bond donors (Lipinski definition) is 0. The molecule has 1 aliphatic rings. The molecule has 4 nitrogen and oxygen atoms in total. The van der Waals surface area contributed by atoms with Crippen LogP contribution in [-0.4, -0.2) is 27.8 Å². The summed E-state index contributed by atoms with van der Waals surface area (Å²) in [5, 5.41) is 0.406. The summed E-state index contributed by atoms with van der Waals surface area (Å²) in [6.07, 6.45) is 2.68. The maximum Gasteiger partial charge on any atom is 0.264 e. The van der Waals surface area contributed by atoms with Crippen molar-refractivity contribution in [1.82, 2.24) is 0 Å². The monoisotopic (exact) mass is 397 g/mol. The van der Waals surface area contributed by atoms with E-state index in [2.05, 4.69) is 4.90 Å². The van der Waals surface area contributed by atoms with E-state index in [4.69, 9.17) is 15.8 Å². The molecule has 0 saturated carbocycles. The van der Waals surface area contributed by atoms with Crippen molar-refractivity contribution in [3.05, 3.63) is 64.4 Å². The van der Waals surface area contributed by atoms with E-state index in [0.29, 0.717) is 10.6 Å². The molecule has 1 aliphatic heterocycles. The van der Waals surface area contributed by atoms with Gasteiger partial charge in [0, 0.05) is 29.4 Å². The summed E-state index contributed by atoms with van der Waals surface area (Å²) in [6, 6.07) is 12.5. The van der Waals surface area contributed by atoms with Gasteiger partial charge < -0.3 is 4.90 Å². The summed E-state index contributed by atoms with van der Waals surface area (Å²) in [5.41, 5.74) is 2.50. The molecule has 1 fully saturated rings. The number of piperidine rings is 1. The Balaban J connectivity index is 1.70. The second-order valence-corrected chi connectivity index (χ2v) is 8.60. The first-order valence-electron chi connectivity index (χ1n) is 8.46. The molecule has 26 heavy (non-hydrogen) atoms. The Morgan fingerprint density at radius 1 is 1.19 bits per heavy atom. The number of halogens is 2. The maximum absolute atomic E-state index is 14.2. The molecule has 0 aliphatic carbocycles. The van der Waals surface area contributed by atoms with E-state index in [9.17, 15) is 12.8 Å². The first-order chi connectivity index (χ1) is 12.3. The van der Waals surface area contributed by atoms with Gasteiger partial charge in [-0.1, -0.05) is 35.9 Å². The summed E-state index contributed by atoms with van der Waals surface area (Å²) in [7, 11) is -3.49. The molecule has 0 unspecified atom stereocenters. The molecule has 0 aromatic heterocycles. The average molecular weight is 398 g/mol. The van der Waals surface area contributed by atoms with Gasteiger partial charge in [0.1, 0.15) is 5.82 Å². The van der Waals surface area contributed by atoms with E-state index < -0.39 is 10.1 Å². The molecular formula is C19H21ClFNO3S. The second kappa shape index (κ2) is 7.94. The predicted molar refractivity (Wildman–Crippen MR) is 102 cm³/mol. The van der Waals surface area contributed by atoms with Crippen molar-refractivity contribution >= 4 is 27.4 Å². The van der Waals surface area contributed by atoms with Crippen LogP contribution in [0.25, 0.3) is 0 Å². The van der Waals surface area contributed by atoms with Crippen LogP contribution in [0.3, 0.4) is 0 Å². The molecule has 1 heterocycles. The SMILES string of the molecule is CS(=O)(=O)OCc1ccccc1N1CCC(c2ccc(Cl)cc2F)CC1. The molecule has 1 saturated heterocycles. The van der Waals surface area contributed by atoms with Crippen molar-refractivity contribution in [3.8, 4) is 0 Å². The molecule has 0 N–H and O–H groups in total. The van der Waals surface area contributed by atoms with Gasteiger partial charge in [0.05, 0.1) is 12.9 Å². The minimum Gasteiger partial charge on any atom is -0.371 e. The largest absolute Gasteiger partial charge is 0.371 e. The average Bonchev–Trinajstić information content (AvgIpc) is 2.60. The summed E-state index contributed by atoms with van der Waals surface area (Å²) in [6.45, 7) is 1.55. The van der Waals surface area contributed by atoms with Crippen molar-refractivity contribution in [3.63, 3.8) is 0 Å². The molecule has 7 heteroatoms. The zero-order valence-corrected chi connectivity index (χ0v) is 16.1. The number of para-hydroxylation sites is 1. The molecule has 0 amide bonds. The lowest BCUT2D eigenvalue weighted by molar-refractivity contribution is 0.311. The Morgan fingerprint density at radius 2 is 1.88 bits per heavy atom. The first-order valence-corrected chi connectivity index (χ1v) is 10.6. The van der Waals surface area contributed by atoms with Gasteiger partial charge in [0.2, 0.25) is 0 Å². The number of nitrogens with zero attached hydrogens (tertiary/aromatic N) is 1. The van der Waals surface area contributed by atoms with Gasteiger partial charge in [0.25, 0.3) is 10.1 Å². The zero-order valence-electron chi connectivity index (χ0n) is 14.5. The normalized spacial score (nSPS) is 16.0. The highest BCUT2D eigenvalue weighted by atomic mass is 35.5. The van der Waals surface area contributed by atoms with Crippen molar-refractivity contribution in [2.75, 3.05) is 24.2 Å². The minimum absolute atomic E-state index is 0.0146. The van der Waals surface area contributed by atoms with Gasteiger partial charge in [-0.25, -0.2) is 4.39 Å². The third-order valence-electron chi connectivity index (χ3n) is 4.66. The van der Waals surface area contributed by atoms with E-state index >= 15 is 0 Å². The highest BCUT2D eigenvalue weighted by Crippen LogP contribution is 2.34. The van der Waals surface area contributed by atoms with Crippen LogP contribution in [0.4, 0.5) is 10.1 Å². The van der Waals surface area contributed by atoms with Gasteiger partial charge in [-0.15, -0.1) is 0 Å². The van der Waals surface area contributed by atoms with E-state index in [-0.39, 0.29) is 18.3 Å². The summed E-state index contributed by atoms with van der Waals surface area (Å²) >= 11 is 5.84. The Hall–Kier alpha value is -1.63. The highest BCUT2D eigenvalue weighted by molar-refractivity contribution is 7.85. The van der Waals surface area contributed by atoms with Crippen LogP contribution in [0.15, 0.2) is 42.5 Å². The van der Waals surface area contributed by atoms with E-state index in [1.165, 1.54) is 6.07 Å². The van der Waals surface area contributed by atoms with Crippen molar-refractivity contribution in [2.24, 2.45) is 0 Å². The van der Waals surface area contributed by atoms with Crippen LogP contribution in [0, 0.1) is 5.82 Å². The van der Waals surface area contributed by atoms with Crippen LogP contribution < -0.4 is 4.90 Å². The molecule has 0 spiro atoms. The van der Waals surface area contributed by atoms with Gasteiger partial charge in [0.15, 0.2) is 0 Å². The third-order valence-corrected chi connectivity index (χ3v) is 5.44. The lowest BCUT2D eigenvalue weighted by atomic mass is 9.88. The minimum atomic E-state index is -3.49. The standard InChI is InChI=1S/C19H21ClFNO3S/c1-26(23,24)25-13-15-4-2-3-5-19(15)22-10-8-14(9-11-22)17-7-6-16(20)12-18(17)21/h2-7,12,14H,8-11,13H2,1H3. The van der Waals surface area contributed by atoms with E-state index in [1.54, 1.807) is 12.1 Å². The van der Waals surface area contributed by atoms with Crippen molar-refractivity contribution < 1.29 is 17.0 Å². The maximum atomic E-state index is 14.2. The van der Waals surface area contributed by atoms with Gasteiger partial charge in [-0.3, -0.25) is 4.18 Å². The molecule has 0 radical (unpaired) electrons. The molecule has 3 rings (SSSR count). The number of hydrogen-bond acceptors (Lipinski definition) is 4. The van der Waals surface area contributed by atoms with Crippen LogP contribution >= 0.6 is 11.6 Å². The van der Waals surface area contributed by atoms with E-state index in [1.807, 2.05) is 24.3 Å². The Morgan fingerprint density at radius 3 is 2.54 bits per heavy atom. The highest BCUT2D eigenvalue weighted by Gasteiger charge is 2.24. The number of benzene rings is 2. The summed E-state index contributed by atoms with van der Waals surface area (Å²) < 4.78 is 41.6. The fourth-order valence-corrected chi connectivity index (χ4v) is 3.88.